The van der Waals surface area contributed by atoms with E-state index in [0.717, 1.165) is 0 Å². The predicted octanol–water partition coefficient (Wildman–Crippen LogP) is 5.38. The van der Waals surface area contributed by atoms with Crippen LogP contribution in [0.5, 0.6) is 0 Å². The minimum absolute atomic E-state index is 0.0302. The number of halogens is 2. The minimum Gasteiger partial charge on any atom is -0.460 e. The topological polar surface area (TPSA) is 116 Å². The first-order valence-corrected chi connectivity index (χ1v) is 12.4. The number of amides is 1. The summed E-state index contributed by atoms with van der Waals surface area (Å²) in [6, 6.07) is 13.8. The Morgan fingerprint density at radius 3 is 1.92 bits per heavy atom. The Morgan fingerprint density at radius 2 is 1.53 bits per heavy atom. The molecule has 10 heteroatoms. The molecule has 8 nitrogen and oxygen atoms in total. The van der Waals surface area contributed by atoms with Crippen molar-refractivity contribution in [3.05, 3.63) is 69.7 Å². The Hall–Kier alpha value is -3.07. The lowest BCUT2D eigenvalue weighted by Crippen LogP contribution is -2.35. The molecule has 2 rings (SSSR count). The maximum Gasteiger partial charge on any atom is 0.303 e. The fraction of sp³-hybridized carbons (Fsp3) is 0.393. The highest BCUT2D eigenvalue weighted by molar-refractivity contribution is 6.38. The molecule has 2 aromatic rings. The lowest BCUT2D eigenvalue weighted by Gasteiger charge is -2.17. The van der Waals surface area contributed by atoms with Crippen LogP contribution in [0.15, 0.2) is 48.5 Å². The Bertz CT molecular complexity index is 1050. The van der Waals surface area contributed by atoms with Gasteiger partial charge in [0.25, 0.3) is 0 Å². The maximum absolute atomic E-state index is 11.9. The number of carbonyl (C=O) groups is 5. The standard InChI is InChI=1S/C15H19NO4.C7H4Cl2O.C6H12O2/c1-11(15(19)16-9-13(17)10-20-2)8-14(18)12-6-4-3-5-7-12;8-6-2-1-3-7(9)5(6)4-10;1-5(7)8-6(2,3)4/h3-7,11H,8-10H2,1-2H3,(H,16,19);1-4H;1-4H3. The van der Waals surface area contributed by atoms with Gasteiger partial charge < -0.3 is 14.8 Å². The van der Waals surface area contributed by atoms with E-state index in [9.17, 15) is 24.0 Å². The fourth-order valence-corrected chi connectivity index (χ4v) is 3.23. The molecule has 1 atom stereocenters. The van der Waals surface area contributed by atoms with Crippen LogP contribution in [-0.2, 0) is 23.9 Å². The molecule has 0 radical (unpaired) electrons. The third-order valence-corrected chi connectivity index (χ3v) is 5.03. The van der Waals surface area contributed by atoms with Crippen molar-refractivity contribution in [3.63, 3.8) is 0 Å². The van der Waals surface area contributed by atoms with Crippen molar-refractivity contribution in [2.75, 3.05) is 20.3 Å². The molecule has 0 aromatic heterocycles. The Balaban J connectivity index is 0.000000630. The molecule has 208 valence electrons. The minimum atomic E-state index is -0.474. The van der Waals surface area contributed by atoms with Crippen molar-refractivity contribution in [2.45, 2.75) is 46.6 Å². The van der Waals surface area contributed by atoms with Gasteiger partial charge in [0.1, 0.15) is 12.2 Å². The number of carbonyl (C=O) groups excluding carboxylic acids is 5. The molecule has 0 fully saturated rings. The van der Waals surface area contributed by atoms with Gasteiger partial charge in [0.05, 0.1) is 22.2 Å². The molecule has 0 spiro atoms. The Kier molecular flexibility index (Phi) is 16.8. The molecule has 0 saturated carbocycles. The highest BCUT2D eigenvalue weighted by atomic mass is 35.5. The van der Waals surface area contributed by atoms with Crippen molar-refractivity contribution in [2.24, 2.45) is 5.92 Å². The second kappa shape index (κ2) is 18.2. The molecule has 0 aliphatic carbocycles. The van der Waals surface area contributed by atoms with Gasteiger partial charge in [-0.05, 0) is 32.9 Å². The average Bonchev–Trinajstić information content (AvgIpc) is 2.82. The SMILES string of the molecule is CC(=O)OC(C)(C)C.COCC(=O)CNC(=O)C(C)CC(=O)c1ccccc1.O=Cc1c(Cl)cccc1Cl. The predicted molar refractivity (Wildman–Crippen MR) is 148 cm³/mol. The molecular formula is C28H35Cl2NO7. The van der Waals surface area contributed by atoms with Gasteiger partial charge in [-0.2, -0.15) is 0 Å². The van der Waals surface area contributed by atoms with Gasteiger partial charge in [-0.25, -0.2) is 0 Å². The normalized spacial score (nSPS) is 10.9. The first-order chi connectivity index (χ1) is 17.7. The number of hydrogen-bond acceptors (Lipinski definition) is 7. The van der Waals surface area contributed by atoms with Gasteiger partial charge in [0.15, 0.2) is 17.9 Å². The Morgan fingerprint density at radius 1 is 0.974 bits per heavy atom. The fourth-order valence-electron chi connectivity index (χ4n) is 2.74. The molecular weight excluding hydrogens is 533 g/mol. The first-order valence-electron chi connectivity index (χ1n) is 11.7. The third-order valence-electron chi connectivity index (χ3n) is 4.37. The summed E-state index contributed by atoms with van der Waals surface area (Å²) in [4.78, 5) is 55.4. The lowest BCUT2D eigenvalue weighted by molar-refractivity contribution is -0.151. The van der Waals surface area contributed by atoms with E-state index in [2.05, 4.69) is 10.1 Å². The number of nitrogens with one attached hydrogen (secondary N) is 1. The van der Waals surface area contributed by atoms with E-state index in [1.807, 2.05) is 26.8 Å². The monoisotopic (exact) mass is 567 g/mol. The van der Waals surface area contributed by atoms with Gasteiger partial charge in [-0.15, -0.1) is 0 Å². The van der Waals surface area contributed by atoms with Gasteiger partial charge in [0.2, 0.25) is 5.91 Å². The van der Waals surface area contributed by atoms with Crippen LogP contribution in [0.3, 0.4) is 0 Å². The summed E-state index contributed by atoms with van der Waals surface area (Å²) in [5.41, 5.74) is 0.611. The summed E-state index contributed by atoms with van der Waals surface area (Å²) < 4.78 is 9.46. The summed E-state index contributed by atoms with van der Waals surface area (Å²) in [7, 11) is 1.42. The summed E-state index contributed by atoms with van der Waals surface area (Å²) in [5.74, 6) is -1.30. The molecule has 1 amide bonds. The number of rotatable bonds is 9. The zero-order valence-electron chi connectivity index (χ0n) is 22.5. The molecule has 0 bridgehead atoms. The second-order valence-electron chi connectivity index (χ2n) is 9.04. The molecule has 1 unspecified atom stereocenters. The molecule has 1 N–H and O–H groups in total. The number of hydrogen-bond donors (Lipinski definition) is 1. The van der Waals surface area contributed by atoms with Crippen LogP contribution >= 0.6 is 23.2 Å². The van der Waals surface area contributed by atoms with Crippen molar-refractivity contribution in [1.29, 1.82) is 0 Å². The lowest BCUT2D eigenvalue weighted by atomic mass is 9.99. The zero-order valence-corrected chi connectivity index (χ0v) is 24.0. The van der Waals surface area contributed by atoms with Crippen LogP contribution in [-0.4, -0.2) is 55.6 Å². The van der Waals surface area contributed by atoms with E-state index in [-0.39, 0.29) is 48.6 Å². The molecule has 0 aliphatic rings. The van der Waals surface area contributed by atoms with E-state index in [0.29, 0.717) is 27.5 Å². The van der Waals surface area contributed by atoms with E-state index < -0.39 is 5.92 Å². The number of ether oxygens (including phenoxy) is 2. The average molecular weight is 568 g/mol. The number of ketones is 2. The largest absolute Gasteiger partial charge is 0.460 e. The van der Waals surface area contributed by atoms with E-state index >= 15 is 0 Å². The van der Waals surface area contributed by atoms with E-state index in [1.54, 1.807) is 49.4 Å². The van der Waals surface area contributed by atoms with Crippen LogP contribution < -0.4 is 5.32 Å². The second-order valence-corrected chi connectivity index (χ2v) is 9.86. The molecule has 0 heterocycles. The summed E-state index contributed by atoms with van der Waals surface area (Å²) >= 11 is 11.2. The summed E-state index contributed by atoms with van der Waals surface area (Å²) in [6.45, 7) is 8.49. The van der Waals surface area contributed by atoms with Gasteiger partial charge >= 0.3 is 5.97 Å². The molecule has 2 aromatic carbocycles. The summed E-state index contributed by atoms with van der Waals surface area (Å²) in [6.07, 6.45) is 0.763. The highest BCUT2D eigenvalue weighted by Gasteiger charge is 2.18. The number of Topliss-reactive ketones (excluding diaryl/α,β-unsaturated/α-hetero) is 2. The van der Waals surface area contributed by atoms with Crippen molar-refractivity contribution in [1.82, 2.24) is 5.32 Å². The Labute approximate surface area is 234 Å². The van der Waals surface area contributed by atoms with E-state index in [1.165, 1.54) is 14.0 Å². The third kappa shape index (κ3) is 15.9. The molecule has 0 aliphatic heterocycles. The van der Waals surface area contributed by atoms with Crippen molar-refractivity contribution >= 4 is 52.9 Å². The highest BCUT2D eigenvalue weighted by Crippen LogP contribution is 2.21. The maximum atomic E-state index is 11.9. The smallest absolute Gasteiger partial charge is 0.303 e. The van der Waals surface area contributed by atoms with Crippen molar-refractivity contribution in [3.8, 4) is 0 Å². The van der Waals surface area contributed by atoms with Crippen LogP contribution in [0, 0.1) is 5.92 Å². The van der Waals surface area contributed by atoms with Gasteiger partial charge in [-0.1, -0.05) is 66.5 Å². The summed E-state index contributed by atoms with van der Waals surface area (Å²) in [5, 5.41) is 3.29. The van der Waals surface area contributed by atoms with E-state index in [4.69, 9.17) is 27.9 Å². The quantitative estimate of drug-likeness (QED) is 0.245. The van der Waals surface area contributed by atoms with Crippen LogP contribution in [0.25, 0.3) is 0 Å². The molecule has 38 heavy (non-hydrogen) atoms. The van der Waals surface area contributed by atoms with Gasteiger partial charge in [-0.3, -0.25) is 24.0 Å². The van der Waals surface area contributed by atoms with Crippen molar-refractivity contribution < 1.29 is 33.4 Å². The van der Waals surface area contributed by atoms with Crippen LogP contribution in [0.2, 0.25) is 10.0 Å². The van der Waals surface area contributed by atoms with Gasteiger partial charge in [0, 0.05) is 31.9 Å². The zero-order chi connectivity index (χ0) is 29.3. The number of esters is 1. The van der Waals surface area contributed by atoms with Crippen LogP contribution in [0.4, 0.5) is 0 Å². The molecule has 0 saturated heterocycles. The van der Waals surface area contributed by atoms with Crippen LogP contribution in [0.1, 0.15) is 61.8 Å². The first kappa shape index (κ1) is 34.9. The number of aldehydes is 1. The number of methoxy groups -OCH3 is 1. The number of benzene rings is 2.